The summed E-state index contributed by atoms with van der Waals surface area (Å²) in [6.45, 7) is 8.28. The van der Waals surface area contributed by atoms with Gasteiger partial charge < -0.3 is 10.0 Å². The molecule has 0 unspecified atom stereocenters. The number of aryl methyl sites for hydroxylation is 1. The van der Waals surface area contributed by atoms with Crippen molar-refractivity contribution in [2.45, 2.75) is 38.9 Å². The summed E-state index contributed by atoms with van der Waals surface area (Å²) < 4.78 is 0. The molecule has 1 aromatic heterocycles. The zero-order chi connectivity index (χ0) is 17.9. The second kappa shape index (κ2) is 7.85. The number of nitrogens with zero attached hydrogens (tertiary/aromatic N) is 3. The number of carboxylic acids is 1. The van der Waals surface area contributed by atoms with Crippen LogP contribution in [0.25, 0.3) is 0 Å². The van der Waals surface area contributed by atoms with Crippen molar-refractivity contribution in [3.63, 3.8) is 0 Å². The van der Waals surface area contributed by atoms with Crippen LogP contribution in [0.4, 0.5) is 11.5 Å². The minimum Gasteiger partial charge on any atom is -0.481 e. The highest BCUT2D eigenvalue weighted by atomic mass is 35.5. The first kappa shape index (κ1) is 18.5. The smallest absolute Gasteiger partial charge is 0.313 e. The molecule has 0 saturated carbocycles. The second-order valence-electron chi connectivity index (χ2n) is 5.70. The third-order valence-corrected chi connectivity index (χ3v) is 4.61. The number of halogens is 1. The zero-order valence-electron chi connectivity index (χ0n) is 14.1. The molecule has 0 aliphatic rings. The first-order chi connectivity index (χ1) is 11.3. The van der Waals surface area contributed by atoms with Crippen LogP contribution >= 0.6 is 23.4 Å². The number of anilines is 2. The summed E-state index contributed by atoms with van der Waals surface area (Å²) in [5, 5.41) is 9.49. The van der Waals surface area contributed by atoms with E-state index in [0.29, 0.717) is 16.1 Å². The second-order valence-corrected chi connectivity index (χ2v) is 7.03. The summed E-state index contributed by atoms with van der Waals surface area (Å²) in [4.78, 5) is 21.5. The number of carbonyl (C=O) groups is 1. The van der Waals surface area contributed by atoms with Gasteiger partial charge in [0.05, 0.1) is 5.75 Å². The molecule has 0 spiro atoms. The summed E-state index contributed by atoms with van der Waals surface area (Å²) in [7, 11) is 0. The van der Waals surface area contributed by atoms with Crippen molar-refractivity contribution in [2.24, 2.45) is 0 Å². The molecule has 1 aromatic carbocycles. The zero-order valence-corrected chi connectivity index (χ0v) is 15.6. The van der Waals surface area contributed by atoms with Gasteiger partial charge in [-0.15, -0.1) is 0 Å². The Morgan fingerprint density at radius 2 is 2.04 bits per heavy atom. The lowest BCUT2D eigenvalue weighted by molar-refractivity contribution is -0.133. The van der Waals surface area contributed by atoms with E-state index in [2.05, 4.69) is 48.6 Å². The maximum atomic E-state index is 10.8. The minimum atomic E-state index is -0.916. The van der Waals surface area contributed by atoms with Crippen molar-refractivity contribution in [3.05, 3.63) is 40.5 Å². The molecule has 5 nitrogen and oxygen atoms in total. The minimum absolute atomic E-state index is 0.106. The van der Waals surface area contributed by atoms with Gasteiger partial charge in [0, 0.05) is 17.8 Å². The predicted octanol–water partition coefficient (Wildman–Crippen LogP) is 4.47. The molecular formula is C17H20ClN3O2S. The van der Waals surface area contributed by atoms with Crippen molar-refractivity contribution < 1.29 is 9.90 Å². The lowest BCUT2D eigenvalue weighted by Crippen LogP contribution is -2.27. The molecule has 7 heteroatoms. The van der Waals surface area contributed by atoms with Crippen LogP contribution in [-0.4, -0.2) is 32.8 Å². The SMILES string of the molecule is Cc1cccc(N(c2cc(Cl)nc(SCC(=O)O)n2)C(C)C)c1C. The van der Waals surface area contributed by atoms with Crippen molar-refractivity contribution in [3.8, 4) is 0 Å². The van der Waals surface area contributed by atoms with Crippen molar-refractivity contribution in [1.82, 2.24) is 9.97 Å². The highest BCUT2D eigenvalue weighted by molar-refractivity contribution is 7.99. The topological polar surface area (TPSA) is 66.3 Å². The molecule has 2 aromatic rings. The Labute approximate surface area is 151 Å². The van der Waals surface area contributed by atoms with Crippen LogP contribution < -0.4 is 4.90 Å². The summed E-state index contributed by atoms with van der Waals surface area (Å²) >= 11 is 7.19. The van der Waals surface area contributed by atoms with Gasteiger partial charge in [0.1, 0.15) is 11.0 Å². The standard InChI is InChI=1S/C17H20ClN3O2S/c1-10(2)21(13-7-5-6-11(3)12(13)4)15-8-14(18)19-17(20-15)24-9-16(22)23/h5-8,10H,9H2,1-4H3,(H,22,23). The molecule has 0 radical (unpaired) electrons. The third-order valence-electron chi connectivity index (χ3n) is 3.58. The van der Waals surface area contributed by atoms with Gasteiger partial charge in [-0.2, -0.15) is 0 Å². The van der Waals surface area contributed by atoms with E-state index in [1.165, 1.54) is 11.1 Å². The predicted molar refractivity (Wildman–Crippen MR) is 98.6 cm³/mol. The average molecular weight is 366 g/mol. The first-order valence-corrected chi connectivity index (χ1v) is 8.90. The lowest BCUT2D eigenvalue weighted by atomic mass is 10.1. The van der Waals surface area contributed by atoms with Gasteiger partial charge in [0.25, 0.3) is 0 Å². The molecule has 2 rings (SSSR count). The maximum absolute atomic E-state index is 10.8. The van der Waals surface area contributed by atoms with E-state index < -0.39 is 5.97 Å². The molecule has 0 amide bonds. The van der Waals surface area contributed by atoms with Crippen molar-refractivity contribution in [2.75, 3.05) is 10.7 Å². The number of aliphatic carboxylic acids is 1. The van der Waals surface area contributed by atoms with E-state index in [9.17, 15) is 4.79 Å². The Hall–Kier alpha value is -1.79. The molecule has 128 valence electrons. The fourth-order valence-electron chi connectivity index (χ4n) is 2.36. The van der Waals surface area contributed by atoms with Gasteiger partial charge in [-0.25, -0.2) is 9.97 Å². The largest absolute Gasteiger partial charge is 0.481 e. The van der Waals surface area contributed by atoms with Crippen LogP contribution in [0.2, 0.25) is 5.15 Å². The quantitative estimate of drug-likeness (QED) is 0.463. The Morgan fingerprint density at radius 1 is 1.33 bits per heavy atom. The first-order valence-electron chi connectivity index (χ1n) is 7.54. The van der Waals surface area contributed by atoms with E-state index in [4.69, 9.17) is 16.7 Å². The normalized spacial score (nSPS) is 10.9. The van der Waals surface area contributed by atoms with Crippen LogP contribution in [-0.2, 0) is 4.79 Å². The number of benzene rings is 1. The van der Waals surface area contributed by atoms with Crippen LogP contribution in [0, 0.1) is 13.8 Å². The van der Waals surface area contributed by atoms with E-state index in [-0.39, 0.29) is 11.8 Å². The maximum Gasteiger partial charge on any atom is 0.313 e. The molecule has 1 heterocycles. The Kier molecular flexibility index (Phi) is 6.07. The molecule has 24 heavy (non-hydrogen) atoms. The Morgan fingerprint density at radius 3 is 2.67 bits per heavy atom. The third kappa shape index (κ3) is 4.39. The van der Waals surface area contributed by atoms with Crippen LogP contribution in [0.15, 0.2) is 29.4 Å². The van der Waals surface area contributed by atoms with E-state index in [1.54, 1.807) is 6.07 Å². The number of carboxylic acid groups (broad SMARTS) is 1. The molecule has 0 saturated heterocycles. The monoisotopic (exact) mass is 365 g/mol. The van der Waals surface area contributed by atoms with Gasteiger partial charge in [-0.3, -0.25) is 4.79 Å². The summed E-state index contributed by atoms with van der Waals surface area (Å²) in [5.41, 5.74) is 3.41. The molecule has 0 fully saturated rings. The molecule has 1 N–H and O–H groups in total. The average Bonchev–Trinajstić information content (AvgIpc) is 2.49. The Balaban J connectivity index is 2.48. The molecular weight excluding hydrogens is 346 g/mol. The van der Waals surface area contributed by atoms with E-state index in [0.717, 1.165) is 17.4 Å². The highest BCUT2D eigenvalue weighted by Crippen LogP contribution is 2.32. The van der Waals surface area contributed by atoms with Gasteiger partial charge in [-0.05, 0) is 44.9 Å². The molecule has 0 atom stereocenters. The van der Waals surface area contributed by atoms with Gasteiger partial charge >= 0.3 is 5.97 Å². The number of rotatable bonds is 6. The number of hydrogen-bond donors (Lipinski definition) is 1. The van der Waals surface area contributed by atoms with Crippen LogP contribution in [0.5, 0.6) is 0 Å². The molecule has 0 aliphatic heterocycles. The summed E-state index contributed by atoms with van der Waals surface area (Å²) in [6.07, 6.45) is 0. The van der Waals surface area contributed by atoms with Gasteiger partial charge in [-0.1, -0.05) is 35.5 Å². The molecule has 0 bridgehead atoms. The summed E-state index contributed by atoms with van der Waals surface area (Å²) in [5.74, 6) is -0.364. The molecule has 0 aliphatic carbocycles. The highest BCUT2D eigenvalue weighted by Gasteiger charge is 2.19. The van der Waals surface area contributed by atoms with E-state index >= 15 is 0 Å². The van der Waals surface area contributed by atoms with Crippen molar-refractivity contribution >= 4 is 40.8 Å². The van der Waals surface area contributed by atoms with E-state index in [1.807, 2.05) is 12.1 Å². The number of hydrogen-bond acceptors (Lipinski definition) is 5. The fraction of sp³-hybridized carbons (Fsp3) is 0.353. The van der Waals surface area contributed by atoms with Gasteiger partial charge in [0.15, 0.2) is 5.16 Å². The summed E-state index contributed by atoms with van der Waals surface area (Å²) in [6, 6.07) is 7.97. The number of aromatic nitrogens is 2. The van der Waals surface area contributed by atoms with Crippen LogP contribution in [0.1, 0.15) is 25.0 Å². The van der Waals surface area contributed by atoms with Crippen molar-refractivity contribution in [1.29, 1.82) is 0 Å². The fourth-order valence-corrected chi connectivity index (χ4v) is 3.16. The number of thioether (sulfide) groups is 1. The van der Waals surface area contributed by atoms with Crippen LogP contribution in [0.3, 0.4) is 0 Å². The van der Waals surface area contributed by atoms with Gasteiger partial charge in [0.2, 0.25) is 0 Å². The Bertz CT molecular complexity index is 753. The lowest BCUT2D eigenvalue weighted by Gasteiger charge is -2.30.